The summed E-state index contributed by atoms with van der Waals surface area (Å²) in [7, 11) is 1.39. The second-order valence-corrected chi connectivity index (χ2v) is 3.41. The number of nitrogens with one attached hydrogen (secondary N) is 1. The molecule has 0 saturated carbocycles. The van der Waals surface area contributed by atoms with E-state index in [1.165, 1.54) is 7.11 Å². The summed E-state index contributed by atoms with van der Waals surface area (Å²) in [6.07, 6.45) is 3.46. The number of methoxy groups -OCH3 is 1. The Kier molecular flexibility index (Phi) is 4.24. The zero-order chi connectivity index (χ0) is 11.3. The molecule has 0 bridgehead atoms. The Bertz CT molecular complexity index is 314. The first-order chi connectivity index (χ1) is 7.15. The van der Waals surface area contributed by atoms with Gasteiger partial charge in [-0.05, 0) is 31.5 Å². The predicted molar refractivity (Wildman–Crippen MR) is 57.3 cm³/mol. The topological polar surface area (TPSA) is 51.2 Å². The lowest BCUT2D eigenvalue weighted by Gasteiger charge is -2.18. The van der Waals surface area contributed by atoms with Crippen molar-refractivity contribution in [2.75, 3.05) is 7.11 Å². The number of hydrogen-bond acceptors (Lipinski definition) is 4. The van der Waals surface area contributed by atoms with Crippen molar-refractivity contribution in [3.8, 4) is 0 Å². The molecule has 0 aromatic carbocycles. The molecular weight excluding hydrogens is 192 g/mol. The molecule has 1 heterocycles. The molecule has 0 amide bonds. The van der Waals surface area contributed by atoms with Crippen LogP contribution in [0.4, 0.5) is 0 Å². The number of nitrogens with zero attached hydrogens (tertiary/aromatic N) is 1. The van der Waals surface area contributed by atoms with Crippen LogP contribution in [0.2, 0.25) is 0 Å². The summed E-state index contributed by atoms with van der Waals surface area (Å²) < 4.78 is 4.63. The molecule has 15 heavy (non-hydrogen) atoms. The highest BCUT2D eigenvalue weighted by atomic mass is 16.5. The maximum absolute atomic E-state index is 11.2. The first-order valence-electron chi connectivity index (χ1n) is 4.89. The number of rotatable bonds is 4. The van der Waals surface area contributed by atoms with Crippen LogP contribution >= 0.6 is 0 Å². The van der Waals surface area contributed by atoms with Gasteiger partial charge in [0.25, 0.3) is 0 Å². The van der Waals surface area contributed by atoms with Crippen LogP contribution in [0.1, 0.15) is 25.5 Å². The summed E-state index contributed by atoms with van der Waals surface area (Å²) in [5.74, 6) is -0.254. The molecule has 1 N–H and O–H groups in total. The van der Waals surface area contributed by atoms with Crippen molar-refractivity contribution in [3.05, 3.63) is 30.1 Å². The molecule has 2 atom stereocenters. The molecule has 4 nitrogen and oxygen atoms in total. The summed E-state index contributed by atoms with van der Waals surface area (Å²) in [6.45, 7) is 3.78. The number of aromatic nitrogens is 1. The van der Waals surface area contributed by atoms with Crippen molar-refractivity contribution < 1.29 is 9.53 Å². The molecule has 0 aliphatic heterocycles. The van der Waals surface area contributed by atoms with Gasteiger partial charge in [0.05, 0.1) is 7.11 Å². The summed E-state index contributed by atoms with van der Waals surface area (Å²) >= 11 is 0. The summed E-state index contributed by atoms with van der Waals surface area (Å²) in [5, 5.41) is 3.14. The number of carbonyl (C=O) groups excluding carboxylic acids is 1. The standard InChI is InChI=1S/C11H16N2O2/c1-8(10-4-6-12-7-5-10)13-9(2)11(14)15-3/h4-9,13H,1-3H3. The average Bonchev–Trinajstić information content (AvgIpc) is 2.29. The largest absolute Gasteiger partial charge is 0.468 e. The SMILES string of the molecule is COC(=O)C(C)NC(C)c1ccncc1. The Morgan fingerprint density at radius 3 is 2.53 bits per heavy atom. The summed E-state index contributed by atoms with van der Waals surface area (Å²) in [6, 6.07) is 3.63. The third-order valence-corrected chi connectivity index (χ3v) is 2.26. The zero-order valence-corrected chi connectivity index (χ0v) is 9.23. The van der Waals surface area contributed by atoms with E-state index in [-0.39, 0.29) is 18.1 Å². The van der Waals surface area contributed by atoms with Crippen LogP contribution in [-0.4, -0.2) is 24.1 Å². The van der Waals surface area contributed by atoms with Crippen molar-refractivity contribution in [1.29, 1.82) is 0 Å². The van der Waals surface area contributed by atoms with Crippen LogP contribution in [0.25, 0.3) is 0 Å². The van der Waals surface area contributed by atoms with Crippen molar-refractivity contribution in [3.63, 3.8) is 0 Å². The third-order valence-electron chi connectivity index (χ3n) is 2.26. The van der Waals surface area contributed by atoms with E-state index in [1.807, 2.05) is 19.1 Å². The second-order valence-electron chi connectivity index (χ2n) is 3.41. The molecule has 0 aliphatic rings. The van der Waals surface area contributed by atoms with E-state index >= 15 is 0 Å². The van der Waals surface area contributed by atoms with E-state index in [1.54, 1.807) is 19.3 Å². The van der Waals surface area contributed by atoms with Gasteiger partial charge in [-0.3, -0.25) is 15.1 Å². The first kappa shape index (κ1) is 11.7. The minimum absolute atomic E-state index is 0.0992. The van der Waals surface area contributed by atoms with E-state index in [2.05, 4.69) is 15.0 Å². The van der Waals surface area contributed by atoms with Gasteiger partial charge in [-0.25, -0.2) is 0 Å². The Morgan fingerprint density at radius 1 is 1.40 bits per heavy atom. The first-order valence-corrected chi connectivity index (χ1v) is 4.89. The Balaban J connectivity index is 2.56. The van der Waals surface area contributed by atoms with Gasteiger partial charge >= 0.3 is 5.97 Å². The fourth-order valence-corrected chi connectivity index (χ4v) is 1.37. The van der Waals surface area contributed by atoms with Gasteiger partial charge in [0, 0.05) is 18.4 Å². The lowest BCUT2D eigenvalue weighted by molar-refractivity contribution is -0.142. The molecule has 0 saturated heterocycles. The highest BCUT2D eigenvalue weighted by Gasteiger charge is 2.15. The fourth-order valence-electron chi connectivity index (χ4n) is 1.37. The third kappa shape index (κ3) is 3.32. The normalized spacial score (nSPS) is 14.3. The quantitative estimate of drug-likeness (QED) is 0.758. The number of pyridine rings is 1. The Morgan fingerprint density at radius 2 is 2.00 bits per heavy atom. The van der Waals surface area contributed by atoms with Crippen molar-refractivity contribution in [2.24, 2.45) is 0 Å². The fraction of sp³-hybridized carbons (Fsp3) is 0.455. The molecule has 1 aromatic rings. The molecule has 2 unspecified atom stereocenters. The number of hydrogen-bond donors (Lipinski definition) is 1. The maximum atomic E-state index is 11.2. The Labute approximate surface area is 89.7 Å². The molecule has 1 rings (SSSR count). The highest BCUT2D eigenvalue weighted by Crippen LogP contribution is 2.11. The molecular formula is C11H16N2O2. The summed E-state index contributed by atoms with van der Waals surface area (Å²) in [4.78, 5) is 15.1. The van der Waals surface area contributed by atoms with Gasteiger partial charge < -0.3 is 4.74 Å². The summed E-state index contributed by atoms with van der Waals surface area (Å²) in [5.41, 5.74) is 1.10. The van der Waals surface area contributed by atoms with Gasteiger partial charge in [-0.1, -0.05) is 0 Å². The predicted octanol–water partition coefficient (Wildman–Crippen LogP) is 1.29. The van der Waals surface area contributed by atoms with Crippen molar-refractivity contribution >= 4 is 5.97 Å². The smallest absolute Gasteiger partial charge is 0.322 e. The van der Waals surface area contributed by atoms with Crippen LogP contribution in [0, 0.1) is 0 Å². The van der Waals surface area contributed by atoms with Gasteiger partial charge in [-0.15, -0.1) is 0 Å². The molecule has 0 fully saturated rings. The zero-order valence-electron chi connectivity index (χ0n) is 9.23. The van der Waals surface area contributed by atoms with E-state index in [9.17, 15) is 4.79 Å². The number of esters is 1. The monoisotopic (exact) mass is 208 g/mol. The molecule has 0 aliphatic carbocycles. The van der Waals surface area contributed by atoms with Crippen LogP contribution in [-0.2, 0) is 9.53 Å². The van der Waals surface area contributed by atoms with Crippen LogP contribution in [0.15, 0.2) is 24.5 Å². The molecule has 4 heteroatoms. The van der Waals surface area contributed by atoms with Crippen LogP contribution in [0.3, 0.4) is 0 Å². The van der Waals surface area contributed by atoms with Crippen molar-refractivity contribution in [2.45, 2.75) is 25.9 Å². The van der Waals surface area contributed by atoms with Crippen molar-refractivity contribution in [1.82, 2.24) is 10.3 Å². The average molecular weight is 208 g/mol. The van der Waals surface area contributed by atoms with E-state index in [0.29, 0.717) is 0 Å². The maximum Gasteiger partial charge on any atom is 0.322 e. The van der Waals surface area contributed by atoms with Gasteiger partial charge in [-0.2, -0.15) is 0 Å². The minimum atomic E-state index is -0.307. The minimum Gasteiger partial charge on any atom is -0.468 e. The van der Waals surface area contributed by atoms with Crippen LogP contribution < -0.4 is 5.32 Å². The number of carbonyl (C=O) groups is 1. The lowest BCUT2D eigenvalue weighted by Crippen LogP contribution is -2.36. The second kappa shape index (κ2) is 5.46. The molecule has 1 aromatic heterocycles. The van der Waals surface area contributed by atoms with E-state index < -0.39 is 0 Å². The van der Waals surface area contributed by atoms with Gasteiger partial charge in [0.15, 0.2) is 0 Å². The van der Waals surface area contributed by atoms with Crippen LogP contribution in [0.5, 0.6) is 0 Å². The molecule has 82 valence electrons. The van der Waals surface area contributed by atoms with Gasteiger partial charge in [0.1, 0.15) is 6.04 Å². The van der Waals surface area contributed by atoms with Gasteiger partial charge in [0.2, 0.25) is 0 Å². The highest BCUT2D eigenvalue weighted by molar-refractivity contribution is 5.75. The Hall–Kier alpha value is -1.42. The molecule has 0 spiro atoms. The van der Waals surface area contributed by atoms with E-state index in [0.717, 1.165) is 5.56 Å². The number of ether oxygens (including phenoxy) is 1. The lowest BCUT2D eigenvalue weighted by atomic mass is 10.1. The molecule has 0 radical (unpaired) electrons. The van der Waals surface area contributed by atoms with E-state index in [4.69, 9.17) is 0 Å².